The molecule has 1 amide bonds. The van der Waals surface area contributed by atoms with Crippen LogP contribution >= 0.6 is 0 Å². The standard InChI is InChI=1S/C15H18N2O2.C8H10.2C3H8.2C2H6/c1-9-4-13(5-11-6-14(9)11)19-8-12-7-15(18)17(3)10(2)16-12;1-2-8-6-4-3-5-7-8;2*1-3-2;2*1-2/h4-5,7,11,14,16H,2,6,8H2,1,3H3;3-7H,2H2,1H3;2*3H2,1-2H3;2*1-2H3. The molecule has 1 aromatic rings. The maximum atomic E-state index is 11.6. The van der Waals surface area contributed by atoms with Gasteiger partial charge >= 0.3 is 0 Å². The molecule has 4 rings (SSSR count). The zero-order valence-electron chi connectivity index (χ0n) is 25.8. The summed E-state index contributed by atoms with van der Waals surface area (Å²) in [7, 11) is 1.69. The highest BCUT2D eigenvalue weighted by molar-refractivity contribution is 5.90. The lowest BCUT2D eigenvalue weighted by Gasteiger charge is -2.26. The van der Waals surface area contributed by atoms with Gasteiger partial charge in [0.15, 0.2) is 0 Å². The Bertz CT molecular complexity index is 835. The van der Waals surface area contributed by atoms with Crippen molar-refractivity contribution in [3.63, 3.8) is 0 Å². The highest BCUT2D eigenvalue weighted by atomic mass is 16.5. The number of carbonyl (C=O) groups is 1. The maximum Gasteiger partial charge on any atom is 0.253 e. The first-order valence-electron chi connectivity index (χ1n) is 14.3. The Morgan fingerprint density at radius 2 is 1.51 bits per heavy atom. The average molecular weight is 513 g/mol. The van der Waals surface area contributed by atoms with Crippen molar-refractivity contribution in [1.82, 2.24) is 10.2 Å². The average Bonchev–Trinajstić information content (AvgIpc) is 3.71. The molecule has 1 aromatic carbocycles. The van der Waals surface area contributed by atoms with Crippen LogP contribution in [-0.2, 0) is 16.0 Å². The Labute approximate surface area is 229 Å². The number of rotatable bonds is 4. The van der Waals surface area contributed by atoms with E-state index in [0.717, 1.165) is 23.8 Å². The van der Waals surface area contributed by atoms with Gasteiger partial charge < -0.3 is 10.1 Å². The van der Waals surface area contributed by atoms with Gasteiger partial charge in [-0.2, -0.15) is 0 Å². The fraction of sp³-hybridized carbons (Fsp3) is 0.545. The van der Waals surface area contributed by atoms with Gasteiger partial charge in [0.05, 0.1) is 5.70 Å². The van der Waals surface area contributed by atoms with Gasteiger partial charge in [0, 0.05) is 13.1 Å². The van der Waals surface area contributed by atoms with E-state index in [1.807, 2.05) is 33.8 Å². The van der Waals surface area contributed by atoms with Gasteiger partial charge in [-0.1, -0.05) is 118 Å². The Morgan fingerprint density at radius 1 is 0.973 bits per heavy atom. The molecule has 1 saturated carbocycles. The number of fused-ring (bicyclic) bond motifs is 1. The largest absolute Gasteiger partial charge is 0.488 e. The van der Waals surface area contributed by atoms with E-state index in [1.54, 1.807) is 13.1 Å². The van der Waals surface area contributed by atoms with E-state index in [1.165, 1.54) is 35.3 Å². The molecule has 1 fully saturated rings. The van der Waals surface area contributed by atoms with Gasteiger partial charge in [-0.3, -0.25) is 9.69 Å². The zero-order chi connectivity index (χ0) is 28.8. The van der Waals surface area contributed by atoms with E-state index in [9.17, 15) is 4.79 Å². The molecule has 0 saturated heterocycles. The molecule has 4 nitrogen and oxygen atoms in total. The second-order valence-electron chi connectivity index (χ2n) is 8.64. The Balaban J connectivity index is 0. The summed E-state index contributed by atoms with van der Waals surface area (Å²) in [5.41, 5.74) is 3.55. The lowest BCUT2D eigenvalue weighted by atomic mass is 10.1. The molecule has 3 aliphatic rings. The summed E-state index contributed by atoms with van der Waals surface area (Å²) in [6.45, 7) is 25.0. The number of carbonyl (C=O) groups excluding carboxylic acids is 1. The fourth-order valence-corrected chi connectivity index (χ4v) is 3.24. The number of hydrogen-bond acceptors (Lipinski definition) is 3. The van der Waals surface area contributed by atoms with E-state index >= 15 is 0 Å². The Kier molecular flexibility index (Phi) is 22.1. The van der Waals surface area contributed by atoms with Crippen LogP contribution in [0.1, 0.15) is 94.1 Å². The van der Waals surface area contributed by atoms with Crippen LogP contribution in [0.25, 0.3) is 0 Å². The second kappa shape index (κ2) is 22.4. The van der Waals surface area contributed by atoms with E-state index in [0.29, 0.717) is 18.3 Å². The summed E-state index contributed by atoms with van der Waals surface area (Å²) >= 11 is 0. The third kappa shape index (κ3) is 15.2. The van der Waals surface area contributed by atoms with Crippen LogP contribution in [0.2, 0.25) is 0 Å². The van der Waals surface area contributed by atoms with Crippen molar-refractivity contribution < 1.29 is 9.53 Å². The number of nitrogens with zero attached hydrogens (tertiary/aromatic N) is 1. The van der Waals surface area contributed by atoms with Gasteiger partial charge in [0.1, 0.15) is 18.2 Å². The molecule has 210 valence electrons. The van der Waals surface area contributed by atoms with Gasteiger partial charge in [-0.25, -0.2) is 0 Å². The summed E-state index contributed by atoms with van der Waals surface area (Å²) in [6, 6.07) is 10.5. The topological polar surface area (TPSA) is 41.6 Å². The van der Waals surface area contributed by atoms with Crippen molar-refractivity contribution in [2.24, 2.45) is 11.8 Å². The molecular weight excluding hydrogens is 456 g/mol. The van der Waals surface area contributed by atoms with Crippen molar-refractivity contribution in [1.29, 1.82) is 0 Å². The van der Waals surface area contributed by atoms with Crippen molar-refractivity contribution in [2.45, 2.75) is 94.9 Å². The molecule has 0 spiro atoms. The smallest absolute Gasteiger partial charge is 0.253 e. The van der Waals surface area contributed by atoms with Crippen LogP contribution in [0, 0.1) is 11.8 Å². The normalized spacial score (nSPS) is 18.1. The summed E-state index contributed by atoms with van der Waals surface area (Å²) in [5, 5.41) is 3.07. The van der Waals surface area contributed by atoms with E-state index < -0.39 is 0 Å². The van der Waals surface area contributed by atoms with Gasteiger partial charge in [-0.15, -0.1) is 0 Å². The van der Waals surface area contributed by atoms with Crippen LogP contribution in [0.15, 0.2) is 78.0 Å². The summed E-state index contributed by atoms with van der Waals surface area (Å²) < 4.78 is 5.76. The molecule has 37 heavy (non-hydrogen) atoms. The minimum atomic E-state index is -0.0750. The highest BCUT2D eigenvalue weighted by Crippen LogP contribution is 2.48. The zero-order valence-corrected chi connectivity index (χ0v) is 25.8. The van der Waals surface area contributed by atoms with E-state index in [4.69, 9.17) is 4.74 Å². The predicted octanol–water partition coefficient (Wildman–Crippen LogP) is 9.03. The Morgan fingerprint density at radius 3 is 1.95 bits per heavy atom. The van der Waals surface area contributed by atoms with Crippen molar-refractivity contribution in [3.05, 3.63) is 83.6 Å². The molecule has 1 N–H and O–H groups in total. The van der Waals surface area contributed by atoms with Crippen LogP contribution in [0.5, 0.6) is 0 Å². The molecule has 2 unspecified atom stereocenters. The molecular formula is C33H56N2O2. The molecule has 1 aliphatic heterocycles. The second-order valence-corrected chi connectivity index (χ2v) is 8.64. The van der Waals surface area contributed by atoms with Crippen molar-refractivity contribution in [2.75, 3.05) is 13.7 Å². The van der Waals surface area contributed by atoms with Gasteiger partial charge in [0.2, 0.25) is 0 Å². The minimum Gasteiger partial charge on any atom is -0.488 e. The molecule has 4 heteroatoms. The first kappa shape index (κ1) is 36.4. The molecule has 0 aromatic heterocycles. The molecule has 2 aliphatic carbocycles. The Hall–Kier alpha value is -2.75. The summed E-state index contributed by atoms with van der Waals surface area (Å²) in [4.78, 5) is 13.1. The first-order valence-corrected chi connectivity index (χ1v) is 14.3. The lowest BCUT2D eigenvalue weighted by molar-refractivity contribution is -0.123. The third-order valence-electron chi connectivity index (χ3n) is 5.16. The number of amides is 1. The third-order valence-corrected chi connectivity index (χ3v) is 5.16. The monoisotopic (exact) mass is 512 g/mol. The number of aryl methyl sites for hydroxylation is 1. The number of ether oxygens (including phenoxy) is 1. The molecule has 1 heterocycles. The molecule has 2 atom stereocenters. The van der Waals surface area contributed by atoms with Crippen LogP contribution in [0.3, 0.4) is 0 Å². The number of benzene rings is 1. The number of allylic oxidation sites excluding steroid dienone is 3. The molecule has 0 radical (unpaired) electrons. The summed E-state index contributed by atoms with van der Waals surface area (Å²) in [6.07, 6.45) is 10.7. The summed E-state index contributed by atoms with van der Waals surface area (Å²) in [5.74, 6) is 2.83. The fourth-order valence-electron chi connectivity index (χ4n) is 3.24. The maximum absolute atomic E-state index is 11.6. The van der Waals surface area contributed by atoms with Crippen molar-refractivity contribution in [3.8, 4) is 0 Å². The van der Waals surface area contributed by atoms with E-state index in [-0.39, 0.29) is 5.91 Å². The van der Waals surface area contributed by atoms with Crippen LogP contribution < -0.4 is 5.32 Å². The van der Waals surface area contributed by atoms with Crippen molar-refractivity contribution >= 4 is 5.91 Å². The van der Waals surface area contributed by atoms with Gasteiger partial charge in [-0.05, 0) is 49.3 Å². The van der Waals surface area contributed by atoms with E-state index in [2.05, 4.69) is 89.9 Å². The minimum absolute atomic E-state index is 0.0750. The van der Waals surface area contributed by atoms with Crippen LogP contribution in [0.4, 0.5) is 0 Å². The highest BCUT2D eigenvalue weighted by Gasteiger charge is 2.39. The number of hydrogen-bond donors (Lipinski definition) is 1. The molecule has 0 bridgehead atoms. The first-order chi connectivity index (χ1) is 17.8. The van der Waals surface area contributed by atoms with Gasteiger partial charge in [0.25, 0.3) is 5.91 Å². The predicted molar refractivity (Wildman–Crippen MR) is 163 cm³/mol. The quantitative estimate of drug-likeness (QED) is 0.437. The number of nitrogens with one attached hydrogen (secondary N) is 1. The SMILES string of the molecule is C=C1NC(COC2=CC3CC3C(C)=C2)=CC(=O)N1C.CC.CC.CCC.CCC.CCc1ccccc1. The lowest BCUT2D eigenvalue weighted by Crippen LogP contribution is -2.37. The number of likely N-dealkylation sites (N-methyl/N-ethyl adjacent to an activating group) is 1. The van der Waals surface area contributed by atoms with Crippen LogP contribution in [-0.4, -0.2) is 24.5 Å².